The Bertz CT molecular complexity index is 301. The number of hydrogen-bond acceptors (Lipinski definition) is 4. The number of pyridine rings is 1. The zero-order valence-electron chi connectivity index (χ0n) is 8.81. The monoisotopic (exact) mass is 208 g/mol. The minimum Gasteiger partial charge on any atom is -0.374 e. The molecule has 0 fully saturated rings. The predicted molar refractivity (Wildman–Crippen MR) is 57.1 cm³/mol. The van der Waals surface area contributed by atoms with Crippen LogP contribution in [0, 0.1) is 0 Å². The normalized spacial score (nSPS) is 12.4. The van der Waals surface area contributed by atoms with Crippen LogP contribution in [0.1, 0.15) is 31.6 Å². The third-order valence-corrected chi connectivity index (χ3v) is 2.04. The fraction of sp³-hybridized carbons (Fsp3) is 0.455. The lowest BCUT2D eigenvalue weighted by Gasteiger charge is -2.11. The van der Waals surface area contributed by atoms with Gasteiger partial charge in [-0.1, -0.05) is 6.07 Å². The number of rotatable bonds is 6. The smallest absolute Gasteiger partial charge is 0.132 e. The van der Waals surface area contributed by atoms with Crippen LogP contribution in [0.3, 0.4) is 0 Å². The summed E-state index contributed by atoms with van der Waals surface area (Å²) < 4.78 is 0. The van der Waals surface area contributed by atoms with E-state index in [0.717, 1.165) is 12.0 Å². The summed E-state index contributed by atoms with van der Waals surface area (Å²) in [6, 6.07) is 3.57. The molecule has 1 unspecified atom stereocenters. The van der Waals surface area contributed by atoms with Gasteiger partial charge in [0.2, 0.25) is 0 Å². The highest BCUT2D eigenvalue weighted by Gasteiger charge is 2.05. The molecule has 0 aliphatic rings. The first-order valence-corrected chi connectivity index (χ1v) is 5.01. The Morgan fingerprint density at radius 3 is 3.07 bits per heavy atom. The van der Waals surface area contributed by atoms with Gasteiger partial charge >= 0.3 is 0 Å². The number of ketones is 1. The molecule has 0 amide bonds. The van der Waals surface area contributed by atoms with Crippen molar-refractivity contribution in [2.24, 2.45) is 0 Å². The minimum absolute atomic E-state index is 0.174. The van der Waals surface area contributed by atoms with Crippen LogP contribution in [0.4, 0.5) is 0 Å². The van der Waals surface area contributed by atoms with Crippen molar-refractivity contribution in [1.82, 2.24) is 10.3 Å². The van der Waals surface area contributed by atoms with E-state index in [1.165, 1.54) is 0 Å². The summed E-state index contributed by atoms with van der Waals surface area (Å²) in [4.78, 5) is 14.6. The zero-order valence-corrected chi connectivity index (χ0v) is 8.81. The van der Waals surface area contributed by atoms with Crippen LogP contribution in [-0.4, -0.2) is 22.4 Å². The van der Waals surface area contributed by atoms with E-state index >= 15 is 0 Å². The molecule has 1 heterocycles. The summed E-state index contributed by atoms with van der Waals surface area (Å²) in [7, 11) is 0. The number of carbonyl (C=O) groups is 1. The lowest BCUT2D eigenvalue weighted by molar-refractivity contribution is -0.117. The molecule has 0 aromatic carbocycles. The number of aliphatic hydroxyl groups is 1. The Balaban J connectivity index is 2.25. The van der Waals surface area contributed by atoms with E-state index in [4.69, 9.17) is 0 Å². The molecule has 0 aliphatic heterocycles. The number of nitrogens with one attached hydrogen (secondary N) is 1. The molecule has 2 N–H and O–H groups in total. The van der Waals surface area contributed by atoms with Gasteiger partial charge in [-0.05, 0) is 26.0 Å². The van der Waals surface area contributed by atoms with E-state index in [-0.39, 0.29) is 5.78 Å². The van der Waals surface area contributed by atoms with Crippen molar-refractivity contribution in [3.8, 4) is 0 Å². The highest BCUT2D eigenvalue weighted by atomic mass is 16.3. The maximum Gasteiger partial charge on any atom is 0.132 e. The summed E-state index contributed by atoms with van der Waals surface area (Å²) in [5.74, 6) is 0.174. The summed E-state index contributed by atoms with van der Waals surface area (Å²) in [6.45, 7) is 2.19. The van der Waals surface area contributed by atoms with Crippen LogP contribution in [0.5, 0.6) is 0 Å². The van der Waals surface area contributed by atoms with Gasteiger partial charge in [0.05, 0.1) is 0 Å². The first kappa shape index (κ1) is 11.8. The first-order chi connectivity index (χ1) is 7.20. The van der Waals surface area contributed by atoms with Gasteiger partial charge in [0.15, 0.2) is 0 Å². The second kappa shape index (κ2) is 6.27. The molecule has 0 spiro atoms. The van der Waals surface area contributed by atoms with Gasteiger partial charge in [-0.2, -0.15) is 0 Å². The standard InChI is InChI=1S/C11H16N2O2/c1-9(14)4-2-7-13-11(15)10-5-3-6-12-8-10/h3,5-6,8,11,13,15H,2,4,7H2,1H3. The van der Waals surface area contributed by atoms with E-state index in [2.05, 4.69) is 10.3 Å². The summed E-state index contributed by atoms with van der Waals surface area (Å²) >= 11 is 0. The van der Waals surface area contributed by atoms with Crippen LogP contribution < -0.4 is 5.32 Å². The maximum absolute atomic E-state index is 10.7. The highest BCUT2D eigenvalue weighted by molar-refractivity contribution is 5.75. The van der Waals surface area contributed by atoms with E-state index in [9.17, 15) is 9.90 Å². The molecule has 0 aliphatic carbocycles. The van der Waals surface area contributed by atoms with Crippen molar-refractivity contribution >= 4 is 5.78 Å². The zero-order chi connectivity index (χ0) is 11.1. The van der Waals surface area contributed by atoms with Gasteiger partial charge in [-0.25, -0.2) is 0 Å². The van der Waals surface area contributed by atoms with Crippen LogP contribution in [-0.2, 0) is 4.79 Å². The van der Waals surface area contributed by atoms with E-state index in [1.807, 2.05) is 0 Å². The third kappa shape index (κ3) is 4.67. The van der Waals surface area contributed by atoms with Crippen molar-refractivity contribution in [3.05, 3.63) is 30.1 Å². The Kier molecular flexibility index (Phi) is 4.93. The van der Waals surface area contributed by atoms with E-state index < -0.39 is 6.23 Å². The molecule has 0 saturated carbocycles. The number of aliphatic hydroxyl groups excluding tert-OH is 1. The van der Waals surface area contributed by atoms with Gasteiger partial charge < -0.3 is 9.90 Å². The summed E-state index contributed by atoms with van der Waals surface area (Å²) in [5, 5.41) is 12.6. The molecule has 4 nitrogen and oxygen atoms in total. The molecule has 1 aromatic heterocycles. The van der Waals surface area contributed by atoms with Crippen LogP contribution in [0.2, 0.25) is 0 Å². The van der Waals surface area contributed by atoms with Crippen molar-refractivity contribution in [2.45, 2.75) is 26.0 Å². The first-order valence-electron chi connectivity index (χ1n) is 5.01. The minimum atomic E-state index is -0.703. The van der Waals surface area contributed by atoms with Crippen LogP contribution in [0.15, 0.2) is 24.5 Å². The van der Waals surface area contributed by atoms with Gasteiger partial charge in [-0.3, -0.25) is 10.3 Å². The Labute approximate surface area is 89.3 Å². The molecule has 1 atom stereocenters. The summed E-state index contributed by atoms with van der Waals surface area (Å²) in [6.07, 6.45) is 3.86. The molecule has 0 bridgehead atoms. The van der Waals surface area contributed by atoms with Crippen LogP contribution in [0.25, 0.3) is 0 Å². The average Bonchev–Trinajstić information content (AvgIpc) is 2.25. The lowest BCUT2D eigenvalue weighted by Crippen LogP contribution is -2.22. The van der Waals surface area contributed by atoms with Crippen molar-refractivity contribution in [2.75, 3.05) is 6.54 Å². The maximum atomic E-state index is 10.7. The number of aromatic nitrogens is 1. The molecule has 1 rings (SSSR count). The van der Waals surface area contributed by atoms with Gasteiger partial charge in [0, 0.05) is 24.4 Å². The molecular formula is C11H16N2O2. The van der Waals surface area contributed by atoms with Gasteiger partial charge in [0.25, 0.3) is 0 Å². The average molecular weight is 208 g/mol. The number of nitrogens with zero attached hydrogens (tertiary/aromatic N) is 1. The molecule has 1 aromatic rings. The molecular weight excluding hydrogens is 192 g/mol. The van der Waals surface area contributed by atoms with Gasteiger partial charge in [-0.15, -0.1) is 0 Å². The molecule has 15 heavy (non-hydrogen) atoms. The van der Waals surface area contributed by atoms with Crippen LogP contribution >= 0.6 is 0 Å². The number of Topliss-reactive ketones (excluding diaryl/α,β-unsaturated/α-hetero) is 1. The third-order valence-electron chi connectivity index (χ3n) is 2.04. The Morgan fingerprint density at radius 2 is 2.47 bits per heavy atom. The molecule has 0 radical (unpaired) electrons. The van der Waals surface area contributed by atoms with Crippen molar-refractivity contribution in [3.63, 3.8) is 0 Å². The lowest BCUT2D eigenvalue weighted by atomic mass is 10.2. The largest absolute Gasteiger partial charge is 0.374 e. The highest BCUT2D eigenvalue weighted by Crippen LogP contribution is 2.06. The molecule has 82 valence electrons. The Hall–Kier alpha value is -1.26. The topological polar surface area (TPSA) is 62.2 Å². The van der Waals surface area contributed by atoms with E-state index in [0.29, 0.717) is 13.0 Å². The van der Waals surface area contributed by atoms with Crippen molar-refractivity contribution in [1.29, 1.82) is 0 Å². The van der Waals surface area contributed by atoms with Gasteiger partial charge in [0.1, 0.15) is 12.0 Å². The second-order valence-electron chi connectivity index (χ2n) is 3.45. The van der Waals surface area contributed by atoms with Crippen molar-refractivity contribution < 1.29 is 9.90 Å². The fourth-order valence-corrected chi connectivity index (χ4v) is 1.23. The fourth-order valence-electron chi connectivity index (χ4n) is 1.23. The molecule has 0 saturated heterocycles. The molecule has 4 heteroatoms. The quantitative estimate of drug-likeness (QED) is 0.541. The summed E-state index contributed by atoms with van der Waals surface area (Å²) in [5.41, 5.74) is 0.736. The second-order valence-corrected chi connectivity index (χ2v) is 3.45. The van der Waals surface area contributed by atoms with E-state index in [1.54, 1.807) is 31.5 Å². The Morgan fingerprint density at radius 1 is 1.67 bits per heavy atom. The predicted octanol–water partition coefficient (Wildman–Crippen LogP) is 1.03. The SMILES string of the molecule is CC(=O)CCCNC(O)c1cccnc1. The number of carbonyl (C=O) groups excluding carboxylic acids is 1. The number of hydrogen-bond donors (Lipinski definition) is 2.